The van der Waals surface area contributed by atoms with E-state index in [0.717, 1.165) is 0 Å². The van der Waals surface area contributed by atoms with Crippen molar-refractivity contribution in [3.63, 3.8) is 0 Å². The van der Waals surface area contributed by atoms with Gasteiger partial charge < -0.3 is 9.79 Å². The smallest absolute Gasteiger partial charge is 0.317 e. The average molecular weight is 256 g/mol. The number of aromatic nitrogens is 2. The summed E-state index contributed by atoms with van der Waals surface area (Å²) in [6, 6.07) is 1.23. The highest BCUT2D eigenvalue weighted by Crippen LogP contribution is 2.60. The maximum absolute atomic E-state index is 10.8. The summed E-state index contributed by atoms with van der Waals surface area (Å²) in [7, 11) is -9.89. The predicted molar refractivity (Wildman–Crippen MR) is 51.3 cm³/mol. The minimum atomic E-state index is -5.04. The number of hydrogen-bond acceptors (Lipinski definition) is 6. The van der Waals surface area contributed by atoms with Gasteiger partial charge in [0.25, 0.3) is 0 Å². The molecule has 11 heteroatoms. The molecule has 6 N–H and O–H groups in total. The highest BCUT2D eigenvalue weighted by atomic mass is 31.3. The fourth-order valence-corrected chi connectivity index (χ4v) is 2.60. The lowest BCUT2D eigenvalue weighted by molar-refractivity contribution is 0.349. The SMILES string of the molecule is O=P(O)(O)C(=Nc1ccn[nH]1)[P+](O)(O)O. The van der Waals surface area contributed by atoms with Crippen LogP contribution < -0.4 is 0 Å². The first-order chi connectivity index (χ1) is 6.71. The van der Waals surface area contributed by atoms with E-state index in [4.69, 9.17) is 24.5 Å². The third kappa shape index (κ3) is 3.44. The minimum Gasteiger partial charge on any atom is -0.317 e. The van der Waals surface area contributed by atoms with E-state index in [1.807, 2.05) is 0 Å². The molecule has 0 aromatic carbocycles. The van der Waals surface area contributed by atoms with E-state index in [1.54, 1.807) is 0 Å². The van der Waals surface area contributed by atoms with Crippen molar-refractivity contribution in [1.29, 1.82) is 0 Å². The summed E-state index contributed by atoms with van der Waals surface area (Å²) in [5, 5.41) is 4.26. The number of aliphatic imine (C=N–C) groups is 1. The van der Waals surface area contributed by atoms with Crippen molar-refractivity contribution in [2.45, 2.75) is 0 Å². The second-order valence-electron chi connectivity index (χ2n) is 2.47. The lowest BCUT2D eigenvalue weighted by Crippen LogP contribution is -2.05. The van der Waals surface area contributed by atoms with Crippen LogP contribution in [0.5, 0.6) is 0 Å². The molecule has 1 heterocycles. The summed E-state index contributed by atoms with van der Waals surface area (Å²) in [5.41, 5.74) is 0. The van der Waals surface area contributed by atoms with Crippen LogP contribution in [0.15, 0.2) is 17.3 Å². The molecule has 0 atom stereocenters. The number of H-pyrrole nitrogens is 1. The van der Waals surface area contributed by atoms with Crippen molar-refractivity contribution < 1.29 is 29.0 Å². The molecule has 0 unspecified atom stereocenters. The largest absolute Gasteiger partial charge is 0.469 e. The van der Waals surface area contributed by atoms with Gasteiger partial charge in [-0.2, -0.15) is 24.8 Å². The van der Waals surface area contributed by atoms with Crippen LogP contribution >= 0.6 is 15.5 Å². The fraction of sp³-hybridized carbons (Fsp3) is 0. The molecule has 0 aliphatic carbocycles. The molecule has 0 bridgehead atoms. The van der Waals surface area contributed by atoms with Crippen molar-refractivity contribution in [2.75, 3.05) is 0 Å². The van der Waals surface area contributed by atoms with E-state index in [9.17, 15) is 4.57 Å². The Bertz CT molecular complexity index is 403. The Morgan fingerprint density at radius 2 is 2.07 bits per heavy atom. The molecule has 1 aromatic rings. The van der Waals surface area contributed by atoms with Crippen LogP contribution in [0.25, 0.3) is 0 Å². The van der Waals surface area contributed by atoms with E-state index in [-0.39, 0.29) is 5.82 Å². The molecule has 84 valence electrons. The first-order valence-corrected chi connectivity index (χ1v) is 6.69. The molecule has 0 aliphatic heterocycles. The van der Waals surface area contributed by atoms with Crippen LogP contribution in [0, 0.1) is 0 Å². The second kappa shape index (κ2) is 4.07. The van der Waals surface area contributed by atoms with Gasteiger partial charge in [0.05, 0.1) is 6.20 Å². The summed E-state index contributed by atoms with van der Waals surface area (Å²) < 4.78 is 10.8. The van der Waals surface area contributed by atoms with Crippen molar-refractivity contribution in [3.05, 3.63) is 12.3 Å². The van der Waals surface area contributed by atoms with Crippen molar-refractivity contribution >= 4 is 26.6 Å². The van der Waals surface area contributed by atoms with Gasteiger partial charge in [-0.25, -0.2) is 4.57 Å². The summed E-state index contributed by atoms with van der Waals surface area (Å²) in [4.78, 5) is 46.9. The van der Waals surface area contributed by atoms with Crippen molar-refractivity contribution in [1.82, 2.24) is 10.2 Å². The first kappa shape index (κ1) is 12.4. The lowest BCUT2D eigenvalue weighted by Gasteiger charge is -2.06. The van der Waals surface area contributed by atoms with Crippen LogP contribution in [-0.2, 0) is 4.57 Å². The monoisotopic (exact) mass is 256 g/mol. The van der Waals surface area contributed by atoms with Gasteiger partial charge in [0, 0.05) is 6.07 Å². The van der Waals surface area contributed by atoms with Gasteiger partial charge in [-0.1, -0.05) is 0 Å². The zero-order valence-electron chi connectivity index (χ0n) is 7.09. The summed E-state index contributed by atoms with van der Waals surface area (Å²) in [6.07, 6.45) is 1.24. The van der Waals surface area contributed by atoms with Crippen molar-refractivity contribution in [2.24, 2.45) is 4.99 Å². The van der Waals surface area contributed by atoms with Gasteiger partial charge >= 0.3 is 20.7 Å². The quantitative estimate of drug-likeness (QED) is 0.308. The third-order valence-corrected chi connectivity index (χ3v) is 4.08. The standard InChI is InChI=1S/C4H7N3O6P2/c8-14(9,10)4(15(11,12)13)6-3-1-2-5-7-3/h1-2,8-10H,(H2-,5,7,11,12,13)/p+1. The van der Waals surface area contributed by atoms with E-state index >= 15 is 0 Å². The van der Waals surface area contributed by atoms with Gasteiger partial charge in [-0.15, -0.1) is 0 Å². The Hall–Kier alpha value is -0.660. The van der Waals surface area contributed by atoms with E-state index in [0.29, 0.717) is 0 Å². The Labute approximate surface area is 83.9 Å². The Kier molecular flexibility index (Phi) is 3.37. The molecule has 0 spiro atoms. The molecule has 9 nitrogen and oxygen atoms in total. The predicted octanol–water partition coefficient (Wildman–Crippen LogP) is -0.686. The molecular weight excluding hydrogens is 248 g/mol. The van der Waals surface area contributed by atoms with Gasteiger partial charge in [0.15, 0.2) is 5.82 Å². The molecule has 0 amide bonds. The van der Waals surface area contributed by atoms with Crippen LogP contribution in [-0.4, -0.2) is 39.9 Å². The zero-order chi connectivity index (χ0) is 11.7. The molecule has 0 fully saturated rings. The van der Waals surface area contributed by atoms with Crippen molar-refractivity contribution in [3.8, 4) is 0 Å². The Balaban J connectivity index is 3.20. The lowest BCUT2D eigenvalue weighted by atomic mass is 10.7. The van der Waals surface area contributed by atoms with Gasteiger partial charge in [-0.3, -0.25) is 5.10 Å². The van der Waals surface area contributed by atoms with Crippen LogP contribution in [0.1, 0.15) is 0 Å². The maximum atomic E-state index is 10.8. The fourth-order valence-electron chi connectivity index (χ4n) is 0.726. The average Bonchev–Trinajstić information content (AvgIpc) is 2.46. The Morgan fingerprint density at radius 1 is 1.47 bits per heavy atom. The number of rotatable bonds is 3. The summed E-state index contributed by atoms with van der Waals surface area (Å²) >= 11 is 0. The van der Waals surface area contributed by atoms with Crippen LogP contribution in [0.3, 0.4) is 0 Å². The molecule has 15 heavy (non-hydrogen) atoms. The van der Waals surface area contributed by atoms with Crippen LogP contribution in [0.4, 0.5) is 5.82 Å². The Morgan fingerprint density at radius 3 is 2.40 bits per heavy atom. The molecule has 0 radical (unpaired) electrons. The van der Waals surface area contributed by atoms with Gasteiger partial charge in [0.1, 0.15) is 0 Å². The first-order valence-electron chi connectivity index (χ1n) is 3.43. The van der Waals surface area contributed by atoms with Crippen LogP contribution in [0.2, 0.25) is 0 Å². The normalized spacial score (nSPS) is 14.3. The highest BCUT2D eigenvalue weighted by Gasteiger charge is 2.51. The van der Waals surface area contributed by atoms with E-state index < -0.39 is 20.7 Å². The van der Waals surface area contributed by atoms with Gasteiger partial charge in [-0.05, 0) is 0 Å². The highest BCUT2D eigenvalue weighted by molar-refractivity contribution is 8.00. The molecule has 0 saturated carbocycles. The molecule has 1 aromatic heterocycles. The van der Waals surface area contributed by atoms with E-state index in [1.165, 1.54) is 12.3 Å². The minimum absolute atomic E-state index is 0.116. The number of nitrogens with zero attached hydrogens (tertiary/aromatic N) is 2. The maximum Gasteiger partial charge on any atom is 0.469 e. The molecule has 0 aliphatic rings. The molecule has 0 saturated heterocycles. The molecular formula is C4H8N3O6P2+. The van der Waals surface area contributed by atoms with Gasteiger partial charge in [0.2, 0.25) is 0 Å². The summed E-state index contributed by atoms with van der Waals surface area (Å²) in [6.45, 7) is 0. The van der Waals surface area contributed by atoms with E-state index in [2.05, 4.69) is 15.2 Å². The topological polar surface area (TPSA) is 159 Å². The number of aromatic amines is 1. The number of nitrogens with one attached hydrogen (secondary N) is 1. The summed E-state index contributed by atoms with van der Waals surface area (Å²) in [5.74, 6) is -0.116. The zero-order valence-corrected chi connectivity index (χ0v) is 8.88. The third-order valence-electron chi connectivity index (χ3n) is 1.24. The number of hydrogen-bond donors (Lipinski definition) is 6. The second-order valence-corrected chi connectivity index (χ2v) is 5.89. The molecule has 1 rings (SSSR count).